The standard InChI is InChI=1S/C26H17Cl4FN4O3S/c27-16-3-7-22(20(29)10-16)32-33-26(36)24-19-13-39(37,38)12-15(9-14-1-5-18(31)6-2-14)25(19)35(34-24)23-8-4-17(28)11-21(23)30/h1-11,32H,12-13H2,(H,33,36). The lowest BCUT2D eigenvalue weighted by Gasteiger charge is -2.19. The summed E-state index contributed by atoms with van der Waals surface area (Å²) in [6, 6.07) is 15.0. The van der Waals surface area contributed by atoms with Crippen LogP contribution in [0.25, 0.3) is 17.3 Å². The number of amides is 1. The van der Waals surface area contributed by atoms with Crippen LogP contribution in [0.5, 0.6) is 0 Å². The highest BCUT2D eigenvalue weighted by atomic mass is 35.5. The maximum atomic E-state index is 13.5. The van der Waals surface area contributed by atoms with Crippen molar-refractivity contribution < 1.29 is 17.6 Å². The summed E-state index contributed by atoms with van der Waals surface area (Å²) >= 11 is 24.7. The van der Waals surface area contributed by atoms with Gasteiger partial charge in [-0.05, 0) is 65.7 Å². The van der Waals surface area contributed by atoms with Gasteiger partial charge in [0.15, 0.2) is 15.5 Å². The fourth-order valence-electron chi connectivity index (χ4n) is 4.15. The second kappa shape index (κ2) is 10.8. The van der Waals surface area contributed by atoms with Gasteiger partial charge in [0.1, 0.15) is 5.82 Å². The zero-order valence-corrected chi connectivity index (χ0v) is 23.5. The molecule has 39 heavy (non-hydrogen) atoms. The highest BCUT2D eigenvalue weighted by molar-refractivity contribution is 7.91. The van der Waals surface area contributed by atoms with Crippen molar-refractivity contribution in [2.75, 3.05) is 11.2 Å². The van der Waals surface area contributed by atoms with Gasteiger partial charge in [0, 0.05) is 15.6 Å². The van der Waals surface area contributed by atoms with E-state index in [4.69, 9.17) is 46.4 Å². The number of halogens is 5. The van der Waals surface area contributed by atoms with Crippen LogP contribution < -0.4 is 10.9 Å². The summed E-state index contributed by atoms with van der Waals surface area (Å²) in [5, 5.41) is 5.78. The second-order valence-electron chi connectivity index (χ2n) is 8.64. The van der Waals surface area contributed by atoms with Gasteiger partial charge < -0.3 is 0 Å². The van der Waals surface area contributed by atoms with E-state index in [1.807, 2.05) is 0 Å². The van der Waals surface area contributed by atoms with Crippen molar-refractivity contribution in [2.24, 2.45) is 0 Å². The summed E-state index contributed by atoms with van der Waals surface area (Å²) < 4.78 is 40.9. The van der Waals surface area contributed by atoms with Gasteiger partial charge >= 0.3 is 0 Å². The van der Waals surface area contributed by atoms with Crippen molar-refractivity contribution in [3.05, 3.63) is 109 Å². The molecule has 2 N–H and O–H groups in total. The van der Waals surface area contributed by atoms with Crippen LogP contribution in [0.15, 0.2) is 60.7 Å². The third kappa shape index (κ3) is 5.92. The fraction of sp³-hybridized carbons (Fsp3) is 0.0769. The van der Waals surface area contributed by atoms with E-state index in [0.717, 1.165) is 0 Å². The minimum absolute atomic E-state index is 0.137. The van der Waals surface area contributed by atoms with E-state index in [-0.39, 0.29) is 27.1 Å². The van der Waals surface area contributed by atoms with E-state index in [2.05, 4.69) is 16.0 Å². The van der Waals surface area contributed by atoms with E-state index >= 15 is 0 Å². The van der Waals surface area contributed by atoms with Crippen molar-refractivity contribution >= 4 is 79.5 Å². The first-order valence-electron chi connectivity index (χ1n) is 11.3. The molecule has 2 heterocycles. The van der Waals surface area contributed by atoms with Crippen LogP contribution >= 0.6 is 46.4 Å². The number of nitrogens with one attached hydrogen (secondary N) is 2. The number of anilines is 1. The van der Waals surface area contributed by atoms with E-state index in [9.17, 15) is 17.6 Å². The van der Waals surface area contributed by atoms with Gasteiger partial charge in [-0.3, -0.25) is 15.6 Å². The van der Waals surface area contributed by atoms with Gasteiger partial charge in [0.05, 0.1) is 38.6 Å². The number of carbonyl (C=O) groups is 1. The normalized spacial score (nSPS) is 15.2. The SMILES string of the molecule is O=C(NNc1ccc(Cl)cc1Cl)c1nn(-c2ccc(Cl)cc2Cl)c2c1CS(=O)(=O)CC2=Cc1ccc(F)cc1. The lowest BCUT2D eigenvalue weighted by atomic mass is 10.0. The smallest absolute Gasteiger partial charge is 0.290 e. The molecule has 1 aromatic heterocycles. The second-order valence-corrected chi connectivity index (χ2v) is 12.4. The van der Waals surface area contributed by atoms with Crippen LogP contribution in [0.1, 0.15) is 27.3 Å². The number of fused-ring (bicyclic) bond motifs is 1. The van der Waals surface area contributed by atoms with Crippen molar-refractivity contribution in [3.8, 4) is 5.69 Å². The molecule has 0 spiro atoms. The molecule has 0 atom stereocenters. The lowest BCUT2D eigenvalue weighted by molar-refractivity contribution is 0.0956. The fourth-order valence-corrected chi connectivity index (χ4v) is 6.60. The van der Waals surface area contributed by atoms with Crippen LogP contribution in [0.3, 0.4) is 0 Å². The molecule has 5 rings (SSSR count). The molecular formula is C26H17Cl4FN4O3S. The van der Waals surface area contributed by atoms with Gasteiger partial charge in [0.25, 0.3) is 5.91 Å². The molecule has 0 aliphatic carbocycles. The molecule has 1 amide bonds. The Kier molecular flexibility index (Phi) is 7.63. The van der Waals surface area contributed by atoms with Crippen LogP contribution in [-0.2, 0) is 15.6 Å². The Bertz CT molecular complexity index is 1760. The molecule has 3 aromatic carbocycles. The molecule has 1 aliphatic heterocycles. The third-order valence-corrected chi connectivity index (χ3v) is 8.40. The Labute approximate surface area is 243 Å². The number of hydrogen-bond donors (Lipinski definition) is 2. The number of benzene rings is 3. The minimum atomic E-state index is -3.68. The molecule has 13 heteroatoms. The molecule has 0 bridgehead atoms. The largest absolute Gasteiger partial charge is 0.297 e. The van der Waals surface area contributed by atoms with Gasteiger partial charge in [-0.25, -0.2) is 17.5 Å². The summed E-state index contributed by atoms with van der Waals surface area (Å²) in [6.45, 7) is 0. The summed E-state index contributed by atoms with van der Waals surface area (Å²) in [7, 11) is -3.68. The van der Waals surface area contributed by atoms with Crippen molar-refractivity contribution in [1.29, 1.82) is 0 Å². The molecule has 7 nitrogen and oxygen atoms in total. The maximum Gasteiger partial charge on any atom is 0.290 e. The molecular weight excluding hydrogens is 609 g/mol. The number of hydrogen-bond acceptors (Lipinski definition) is 5. The topological polar surface area (TPSA) is 93.1 Å². The van der Waals surface area contributed by atoms with Crippen LogP contribution in [0.2, 0.25) is 20.1 Å². The van der Waals surface area contributed by atoms with Gasteiger partial charge in [0.2, 0.25) is 0 Å². The zero-order valence-electron chi connectivity index (χ0n) is 19.7. The molecule has 0 radical (unpaired) electrons. The molecule has 0 unspecified atom stereocenters. The maximum absolute atomic E-state index is 13.5. The molecule has 4 aromatic rings. The van der Waals surface area contributed by atoms with Crippen molar-refractivity contribution in [3.63, 3.8) is 0 Å². The Hall–Kier alpha value is -3.08. The molecule has 1 aliphatic rings. The first-order chi connectivity index (χ1) is 18.5. The molecule has 0 saturated carbocycles. The molecule has 0 saturated heterocycles. The van der Waals surface area contributed by atoms with Crippen molar-refractivity contribution in [2.45, 2.75) is 5.75 Å². The zero-order chi connectivity index (χ0) is 27.9. The monoisotopic (exact) mass is 624 g/mol. The number of carbonyl (C=O) groups excluding carboxylic acids is 1. The van der Waals surface area contributed by atoms with E-state index in [0.29, 0.717) is 38.3 Å². The summed E-state index contributed by atoms with van der Waals surface area (Å²) in [4.78, 5) is 13.3. The lowest BCUT2D eigenvalue weighted by Crippen LogP contribution is -2.31. The summed E-state index contributed by atoms with van der Waals surface area (Å²) in [5.74, 6) is -1.90. The highest BCUT2D eigenvalue weighted by Gasteiger charge is 2.35. The van der Waals surface area contributed by atoms with Crippen molar-refractivity contribution in [1.82, 2.24) is 15.2 Å². The Balaban J connectivity index is 1.65. The highest BCUT2D eigenvalue weighted by Crippen LogP contribution is 2.37. The predicted octanol–water partition coefficient (Wildman–Crippen LogP) is 6.85. The number of nitrogens with zero attached hydrogens (tertiary/aromatic N) is 2. The summed E-state index contributed by atoms with van der Waals surface area (Å²) in [6.07, 6.45) is 1.62. The Morgan fingerprint density at radius 1 is 0.923 bits per heavy atom. The van der Waals surface area contributed by atoms with E-state index < -0.39 is 27.3 Å². The molecule has 200 valence electrons. The van der Waals surface area contributed by atoms with E-state index in [1.165, 1.54) is 41.1 Å². The van der Waals surface area contributed by atoms with Crippen LogP contribution in [0.4, 0.5) is 10.1 Å². The number of hydrazine groups is 1. The van der Waals surface area contributed by atoms with Gasteiger partial charge in [-0.1, -0.05) is 58.5 Å². The van der Waals surface area contributed by atoms with Gasteiger partial charge in [-0.2, -0.15) is 5.10 Å². The number of aromatic nitrogens is 2. The Morgan fingerprint density at radius 3 is 2.26 bits per heavy atom. The third-order valence-electron chi connectivity index (χ3n) is 5.83. The quantitative estimate of drug-likeness (QED) is 0.237. The predicted molar refractivity (Wildman–Crippen MR) is 153 cm³/mol. The average molecular weight is 626 g/mol. The first-order valence-corrected chi connectivity index (χ1v) is 14.6. The van der Waals surface area contributed by atoms with Crippen LogP contribution in [0, 0.1) is 5.82 Å². The van der Waals surface area contributed by atoms with Crippen LogP contribution in [-0.4, -0.2) is 29.9 Å². The van der Waals surface area contributed by atoms with E-state index in [1.54, 1.807) is 30.3 Å². The minimum Gasteiger partial charge on any atom is -0.297 e. The number of rotatable bonds is 5. The number of sulfone groups is 1. The average Bonchev–Trinajstić information content (AvgIpc) is 3.23. The van der Waals surface area contributed by atoms with Gasteiger partial charge in [-0.15, -0.1) is 0 Å². The first kappa shape index (κ1) is 27.5. The summed E-state index contributed by atoms with van der Waals surface area (Å²) in [5.41, 5.74) is 7.32. The Morgan fingerprint density at radius 2 is 1.59 bits per heavy atom. The molecule has 0 fully saturated rings.